The number of nitrogens with zero attached hydrogens (tertiary/aromatic N) is 5. The van der Waals surface area contributed by atoms with Crippen LogP contribution in [0.2, 0.25) is 0 Å². The minimum absolute atomic E-state index is 0. The average Bonchev–Trinajstić information content (AvgIpc) is 4.18. The highest BCUT2D eigenvalue weighted by atomic mass is 35.5. The molecule has 6 heterocycles. The third-order valence-electron chi connectivity index (χ3n) is 12.5. The second kappa shape index (κ2) is 21.8. The van der Waals surface area contributed by atoms with Crippen LogP contribution < -0.4 is 26.6 Å². The Kier molecular flexibility index (Phi) is 15.1. The molecular weight excluding hydrogens is 864 g/mol. The summed E-state index contributed by atoms with van der Waals surface area (Å²) in [5.74, 6) is 0.0479. The van der Waals surface area contributed by atoms with E-state index in [2.05, 4.69) is 54.4 Å². The summed E-state index contributed by atoms with van der Waals surface area (Å²) < 4.78 is 10.9. The van der Waals surface area contributed by atoms with Gasteiger partial charge in [0, 0.05) is 116 Å². The summed E-state index contributed by atoms with van der Waals surface area (Å²) in [6, 6.07) is 31.3. The van der Waals surface area contributed by atoms with Crippen molar-refractivity contribution < 1.29 is 19.9 Å². The number of piperazine rings is 2. The number of aryl methyl sites for hydroxylation is 2. The number of unbranched alkanes of at least 4 members (excludes halogenated alkanes) is 2. The molecule has 0 aliphatic carbocycles. The van der Waals surface area contributed by atoms with Crippen LogP contribution in [-0.2, 0) is 12.8 Å². The van der Waals surface area contributed by atoms with Crippen LogP contribution in [0.15, 0.2) is 106 Å². The molecule has 15 heteroatoms. The number of rotatable bonds is 13. The summed E-state index contributed by atoms with van der Waals surface area (Å²) in [4.78, 5) is 36.2. The van der Waals surface area contributed by atoms with Crippen molar-refractivity contribution in [2.75, 3.05) is 74.6 Å². The van der Waals surface area contributed by atoms with Crippen LogP contribution >= 0.6 is 11.6 Å². The number of H-pyrrole nitrogens is 2. The van der Waals surface area contributed by atoms with E-state index in [1.54, 1.807) is 12.1 Å². The molecular formula is C52H57ClN10O4. The summed E-state index contributed by atoms with van der Waals surface area (Å²) in [5.41, 5.74) is 20.4. The van der Waals surface area contributed by atoms with Gasteiger partial charge in [0.25, 0.3) is 11.8 Å². The maximum Gasteiger partial charge on any atom is 0.284 e. The maximum absolute atomic E-state index is 11.4. The van der Waals surface area contributed by atoms with E-state index >= 15 is 0 Å². The first kappa shape index (κ1) is 46.3. The Labute approximate surface area is 395 Å². The van der Waals surface area contributed by atoms with E-state index in [1.165, 1.54) is 16.5 Å². The number of furan rings is 2. The van der Waals surface area contributed by atoms with Gasteiger partial charge in [0.1, 0.15) is 11.2 Å². The number of anilines is 2. The Balaban J connectivity index is 0.000000165. The quantitative estimate of drug-likeness (QED) is 0.0547. The molecule has 4 aromatic carbocycles. The van der Waals surface area contributed by atoms with Crippen LogP contribution in [0.3, 0.4) is 0 Å². The zero-order chi connectivity index (χ0) is 46.7. The summed E-state index contributed by atoms with van der Waals surface area (Å²) >= 11 is 5.66. The van der Waals surface area contributed by atoms with Gasteiger partial charge in [-0.1, -0.05) is 0 Å². The molecule has 4 aromatic heterocycles. The molecule has 2 amide bonds. The van der Waals surface area contributed by atoms with Gasteiger partial charge in [-0.2, -0.15) is 10.5 Å². The molecule has 10 rings (SSSR count). The molecule has 2 aliphatic rings. The number of nitrogens with two attached hydrogens (primary N) is 2. The number of halogens is 1. The highest BCUT2D eigenvalue weighted by Gasteiger charge is 2.19. The van der Waals surface area contributed by atoms with Gasteiger partial charge in [0.05, 0.1) is 23.3 Å². The molecule has 14 nitrogen and oxygen atoms in total. The van der Waals surface area contributed by atoms with E-state index in [0.29, 0.717) is 28.2 Å². The maximum atomic E-state index is 11.4. The van der Waals surface area contributed by atoms with Crippen LogP contribution in [-0.4, -0.2) is 91.5 Å². The van der Waals surface area contributed by atoms with Crippen molar-refractivity contribution in [2.24, 2.45) is 11.5 Å². The fourth-order valence-corrected chi connectivity index (χ4v) is 9.01. The van der Waals surface area contributed by atoms with Crippen LogP contribution in [0.1, 0.15) is 70.5 Å². The Hall–Kier alpha value is -7.23. The molecule has 8 aromatic rings. The summed E-state index contributed by atoms with van der Waals surface area (Å²) in [5, 5.41) is 25.5. The van der Waals surface area contributed by atoms with Crippen molar-refractivity contribution in [3.63, 3.8) is 0 Å². The zero-order valence-corrected chi connectivity index (χ0v) is 38.2. The first-order chi connectivity index (χ1) is 32.7. The van der Waals surface area contributed by atoms with E-state index in [-0.39, 0.29) is 12.9 Å². The number of fused-ring (bicyclic) bond motifs is 4. The van der Waals surface area contributed by atoms with E-state index in [4.69, 9.17) is 42.4 Å². The molecule has 0 saturated carbocycles. The first-order valence-corrected chi connectivity index (χ1v) is 23.4. The normalized spacial score (nSPS) is 14.1. The predicted molar refractivity (Wildman–Crippen MR) is 268 cm³/mol. The average molecular weight is 922 g/mol. The number of nitrogens with one attached hydrogen (secondary N) is 3. The van der Waals surface area contributed by atoms with Crippen molar-refractivity contribution in [1.82, 2.24) is 20.2 Å². The number of hydrogen-bond acceptors (Lipinski definition) is 10. The number of carbonyl (C=O) groups excluding carboxylic acids is 2. The van der Waals surface area contributed by atoms with Crippen LogP contribution in [0.4, 0.5) is 11.4 Å². The van der Waals surface area contributed by atoms with Gasteiger partial charge in [-0.3, -0.25) is 14.5 Å². The SMILES string of the molecule is N#Cc1ccc2[nH]cc(CCCCCl)c2c1.N#Cc1ccc2[nH]cc(CCCCN3CCN(c4ccc5oc(C(N)=O)cc5c4)CC3)c2c1.NC(=O)c1cc2cc(N3CCNCC3)ccc2o1.[HH]. The van der Waals surface area contributed by atoms with Crippen LogP contribution in [0, 0.1) is 22.7 Å². The monoisotopic (exact) mass is 920 g/mol. The molecule has 0 spiro atoms. The van der Waals surface area contributed by atoms with Gasteiger partial charge in [-0.25, -0.2) is 0 Å². The zero-order valence-electron chi connectivity index (χ0n) is 37.5. The van der Waals surface area contributed by atoms with Gasteiger partial charge in [-0.05, 0) is 141 Å². The number of aromatic nitrogens is 2. The number of carbonyl (C=O) groups is 2. The molecule has 0 unspecified atom stereocenters. The van der Waals surface area contributed by atoms with Crippen molar-refractivity contribution in [3.8, 4) is 12.1 Å². The lowest BCUT2D eigenvalue weighted by Crippen LogP contribution is -2.46. The van der Waals surface area contributed by atoms with E-state index < -0.39 is 11.8 Å². The molecule has 2 fully saturated rings. The Morgan fingerprint density at radius 3 is 1.60 bits per heavy atom. The highest BCUT2D eigenvalue weighted by molar-refractivity contribution is 6.17. The number of primary amides is 2. The molecule has 0 bridgehead atoms. The minimum atomic E-state index is -0.544. The predicted octanol–water partition coefficient (Wildman–Crippen LogP) is 8.82. The van der Waals surface area contributed by atoms with E-state index in [9.17, 15) is 9.59 Å². The van der Waals surface area contributed by atoms with Gasteiger partial charge in [0.15, 0.2) is 11.5 Å². The first-order valence-electron chi connectivity index (χ1n) is 22.9. The summed E-state index contributed by atoms with van der Waals surface area (Å²) in [6.07, 6.45) is 10.5. The number of nitriles is 2. The molecule has 67 heavy (non-hydrogen) atoms. The minimum Gasteiger partial charge on any atom is -0.451 e. The smallest absolute Gasteiger partial charge is 0.284 e. The Morgan fingerprint density at radius 2 is 1.12 bits per heavy atom. The van der Waals surface area contributed by atoms with E-state index in [0.717, 1.165) is 136 Å². The third-order valence-corrected chi connectivity index (χ3v) is 12.8. The van der Waals surface area contributed by atoms with Gasteiger partial charge >= 0.3 is 0 Å². The largest absolute Gasteiger partial charge is 0.451 e. The number of aromatic amines is 2. The molecule has 0 radical (unpaired) electrons. The van der Waals surface area contributed by atoms with Crippen molar-refractivity contribution in [3.05, 3.63) is 131 Å². The summed E-state index contributed by atoms with van der Waals surface area (Å²) in [6.45, 7) is 9.10. The molecule has 0 atom stereocenters. The van der Waals surface area contributed by atoms with Crippen LogP contribution in [0.5, 0.6) is 0 Å². The topological polar surface area (TPSA) is 213 Å². The molecule has 346 valence electrons. The van der Waals surface area contributed by atoms with Crippen LogP contribution in [0.25, 0.3) is 43.7 Å². The Morgan fingerprint density at radius 1 is 0.627 bits per heavy atom. The third kappa shape index (κ3) is 11.4. The summed E-state index contributed by atoms with van der Waals surface area (Å²) in [7, 11) is 0. The molecule has 2 saturated heterocycles. The van der Waals surface area contributed by atoms with Crippen molar-refractivity contribution in [1.29, 1.82) is 10.5 Å². The van der Waals surface area contributed by atoms with Gasteiger partial charge in [0.2, 0.25) is 0 Å². The fourth-order valence-electron chi connectivity index (χ4n) is 8.82. The van der Waals surface area contributed by atoms with Crippen molar-refractivity contribution >= 4 is 78.5 Å². The molecule has 2 aliphatic heterocycles. The number of benzene rings is 4. The lowest BCUT2D eigenvalue weighted by molar-refractivity contribution is 0.0968. The second-order valence-corrected chi connectivity index (χ2v) is 17.3. The standard InChI is InChI=1S/C26H27N5O2.C13H13ClN2.C13H15N3O2.H2/c27-16-18-4-6-23-22(13-18)19(17-29-23)3-1-2-8-30-9-11-31(12-10-30)21-5-7-24-20(14-21)15-25(33-24)26(28)32;14-6-2-1-3-11-9-16-13-5-4-10(8-15)7-12(11)13;14-13(17)12-8-9-7-10(1-2-11(9)18-12)16-5-3-15-4-6-16;/h4-7,13-15,17,29H,1-3,8-12H2,(H2,28,32);4-5,7,9,16H,1-3,6H2;1-2,7-8,15H,3-6H2,(H2,14,17);1H. The van der Waals surface area contributed by atoms with Gasteiger partial charge in [-0.15, -0.1) is 11.6 Å². The highest BCUT2D eigenvalue weighted by Crippen LogP contribution is 2.28. The second-order valence-electron chi connectivity index (χ2n) is 16.9. The number of alkyl halides is 1. The van der Waals surface area contributed by atoms with Gasteiger partial charge < -0.3 is 45.4 Å². The van der Waals surface area contributed by atoms with E-state index in [1.807, 2.05) is 72.9 Å². The fraction of sp³-hybridized carbons (Fsp3) is 0.308. The Bertz CT molecular complexity index is 3070. The lowest BCUT2D eigenvalue weighted by Gasteiger charge is -2.36. The number of hydrogen-bond donors (Lipinski definition) is 5. The van der Waals surface area contributed by atoms with Crippen molar-refractivity contribution in [2.45, 2.75) is 38.5 Å². The lowest BCUT2D eigenvalue weighted by atomic mass is 10.1. The number of amides is 2. The molecule has 7 N–H and O–H groups in total.